The normalized spacial score (nSPS) is 14.1. The number of esters is 1. The molecule has 36 heavy (non-hydrogen) atoms. The Hall–Kier alpha value is -3.70. The molecule has 0 spiro atoms. The summed E-state index contributed by atoms with van der Waals surface area (Å²) in [5.74, 6) is 1.17. The number of hydrogen-bond donors (Lipinski definition) is 0. The zero-order valence-corrected chi connectivity index (χ0v) is 21.5. The highest BCUT2D eigenvalue weighted by Gasteiger charge is 2.22. The van der Waals surface area contributed by atoms with E-state index in [2.05, 4.69) is 33.2 Å². The maximum Gasteiger partial charge on any atom is 0.320 e. The van der Waals surface area contributed by atoms with E-state index in [1.165, 1.54) is 11.1 Å². The topological polar surface area (TPSA) is 101 Å². The highest BCUT2D eigenvalue weighted by molar-refractivity contribution is 5.72. The van der Waals surface area contributed by atoms with Gasteiger partial charge >= 0.3 is 5.97 Å². The number of fused-ring (bicyclic) bond motifs is 1. The maximum atomic E-state index is 12.3. The maximum absolute atomic E-state index is 12.3. The smallest absolute Gasteiger partial charge is 0.320 e. The Morgan fingerprint density at radius 1 is 1.11 bits per heavy atom. The molecule has 0 saturated carbocycles. The summed E-state index contributed by atoms with van der Waals surface area (Å²) in [5.41, 5.74) is 3.94. The number of ether oxygens (including phenoxy) is 2. The van der Waals surface area contributed by atoms with Crippen molar-refractivity contribution in [3.63, 3.8) is 0 Å². The molecule has 8 nitrogen and oxygen atoms in total. The van der Waals surface area contributed by atoms with Crippen LogP contribution in [0.4, 0.5) is 0 Å². The first kappa shape index (κ1) is 25.4. The highest BCUT2D eigenvalue weighted by Crippen LogP contribution is 2.29. The van der Waals surface area contributed by atoms with Crippen molar-refractivity contribution in [2.45, 2.75) is 59.2 Å². The summed E-state index contributed by atoms with van der Waals surface area (Å²) < 4.78 is 16.7. The molecule has 0 aliphatic carbocycles. The Morgan fingerprint density at radius 2 is 1.83 bits per heavy atom. The molecule has 0 radical (unpaired) electrons. The molecular weight excluding hydrogens is 456 g/mol. The average molecular weight is 489 g/mol. The van der Waals surface area contributed by atoms with Crippen LogP contribution in [0.25, 0.3) is 22.8 Å². The van der Waals surface area contributed by atoms with Crippen LogP contribution < -0.4 is 4.74 Å². The van der Waals surface area contributed by atoms with E-state index in [1.54, 1.807) is 12.1 Å². The lowest BCUT2D eigenvalue weighted by atomic mass is 10.00. The molecule has 0 amide bonds. The SMILES string of the molecule is CC(C)Oc1ccc(-c2nc(-c3ccc4c(c3)CCN(CC(=O)OC(C)(C)C)CC4)no2)cc1C#N. The highest BCUT2D eigenvalue weighted by atomic mass is 16.6. The van der Waals surface area contributed by atoms with Crippen molar-refractivity contribution in [3.05, 3.63) is 53.1 Å². The molecule has 2 aromatic carbocycles. The molecule has 3 aromatic rings. The molecule has 188 valence electrons. The zero-order valence-electron chi connectivity index (χ0n) is 21.5. The molecule has 1 aliphatic rings. The fraction of sp³-hybridized carbons (Fsp3) is 0.429. The molecule has 1 aliphatic heterocycles. The van der Waals surface area contributed by atoms with E-state index in [1.807, 2.05) is 46.8 Å². The fourth-order valence-corrected chi connectivity index (χ4v) is 4.19. The van der Waals surface area contributed by atoms with Crippen molar-refractivity contribution in [2.24, 2.45) is 0 Å². The third kappa shape index (κ3) is 6.29. The van der Waals surface area contributed by atoms with Gasteiger partial charge in [0.25, 0.3) is 5.89 Å². The third-order valence-corrected chi connectivity index (χ3v) is 5.77. The van der Waals surface area contributed by atoms with Crippen molar-refractivity contribution >= 4 is 5.97 Å². The first-order valence-electron chi connectivity index (χ1n) is 12.2. The average Bonchev–Trinajstić information content (AvgIpc) is 3.21. The minimum Gasteiger partial charge on any atom is -0.490 e. The summed E-state index contributed by atoms with van der Waals surface area (Å²) in [7, 11) is 0. The molecule has 1 aromatic heterocycles. The van der Waals surface area contributed by atoms with E-state index >= 15 is 0 Å². The molecule has 0 N–H and O–H groups in total. The number of rotatable bonds is 6. The van der Waals surface area contributed by atoms with Crippen molar-refractivity contribution in [2.75, 3.05) is 19.6 Å². The van der Waals surface area contributed by atoms with E-state index in [9.17, 15) is 10.1 Å². The van der Waals surface area contributed by atoms with Crippen LogP contribution in [0.15, 0.2) is 40.9 Å². The van der Waals surface area contributed by atoms with Gasteiger partial charge in [-0.3, -0.25) is 9.69 Å². The van der Waals surface area contributed by atoms with Gasteiger partial charge in [-0.2, -0.15) is 10.2 Å². The van der Waals surface area contributed by atoms with Crippen molar-refractivity contribution in [1.29, 1.82) is 5.26 Å². The van der Waals surface area contributed by atoms with E-state index in [4.69, 9.17) is 14.0 Å². The number of aromatic nitrogens is 2. The van der Waals surface area contributed by atoms with Gasteiger partial charge in [-0.15, -0.1) is 0 Å². The van der Waals surface area contributed by atoms with Crippen LogP contribution in [-0.4, -0.2) is 52.3 Å². The van der Waals surface area contributed by atoms with E-state index in [0.717, 1.165) is 31.5 Å². The standard InChI is InChI=1S/C28H32N4O4/c1-18(2)34-24-9-8-22(15-23(24)16-29)27-30-26(31-36-27)21-7-6-19-10-12-32(13-11-20(19)14-21)17-25(33)35-28(3,4)5/h6-9,14-15,18H,10-13,17H2,1-5H3. The van der Waals surface area contributed by atoms with E-state index in [0.29, 0.717) is 28.6 Å². The van der Waals surface area contributed by atoms with Gasteiger partial charge in [-0.1, -0.05) is 17.3 Å². The van der Waals surface area contributed by atoms with Gasteiger partial charge in [0.15, 0.2) is 0 Å². The second-order valence-corrected chi connectivity index (χ2v) is 10.3. The number of carbonyl (C=O) groups excluding carboxylic acids is 1. The van der Waals surface area contributed by atoms with E-state index in [-0.39, 0.29) is 18.6 Å². The van der Waals surface area contributed by atoms with Gasteiger partial charge in [-0.25, -0.2) is 0 Å². The Morgan fingerprint density at radius 3 is 2.53 bits per heavy atom. The quantitative estimate of drug-likeness (QED) is 0.456. The fourth-order valence-electron chi connectivity index (χ4n) is 4.19. The van der Waals surface area contributed by atoms with Gasteiger partial charge < -0.3 is 14.0 Å². The molecule has 0 fully saturated rings. The van der Waals surface area contributed by atoms with E-state index < -0.39 is 5.60 Å². The number of nitrogens with zero attached hydrogens (tertiary/aromatic N) is 4. The van der Waals surface area contributed by atoms with Gasteiger partial charge in [-0.05, 0) is 82.9 Å². The summed E-state index contributed by atoms with van der Waals surface area (Å²) in [6.45, 7) is 11.3. The van der Waals surface area contributed by atoms with Gasteiger partial charge in [0.05, 0.1) is 18.2 Å². The molecule has 8 heteroatoms. The molecule has 2 heterocycles. The molecular formula is C28H32N4O4. The first-order valence-corrected chi connectivity index (χ1v) is 12.2. The number of hydrogen-bond acceptors (Lipinski definition) is 8. The Balaban J connectivity index is 1.48. The first-order chi connectivity index (χ1) is 17.1. The molecule has 0 bridgehead atoms. The number of nitriles is 1. The van der Waals surface area contributed by atoms with Crippen LogP contribution in [0.2, 0.25) is 0 Å². The zero-order chi connectivity index (χ0) is 25.9. The summed E-state index contributed by atoms with van der Waals surface area (Å²) in [4.78, 5) is 19.0. The second kappa shape index (κ2) is 10.5. The van der Waals surface area contributed by atoms with Crippen LogP contribution in [0, 0.1) is 11.3 Å². The van der Waals surface area contributed by atoms with Crippen LogP contribution in [-0.2, 0) is 22.4 Å². The molecule has 4 rings (SSSR count). The van der Waals surface area contributed by atoms with Crippen molar-refractivity contribution < 1.29 is 18.8 Å². The lowest BCUT2D eigenvalue weighted by Crippen LogP contribution is -2.36. The lowest BCUT2D eigenvalue weighted by Gasteiger charge is -2.23. The number of carbonyl (C=O) groups is 1. The second-order valence-electron chi connectivity index (χ2n) is 10.3. The van der Waals surface area contributed by atoms with Crippen LogP contribution in [0.3, 0.4) is 0 Å². The molecule has 0 unspecified atom stereocenters. The molecule has 0 atom stereocenters. The monoisotopic (exact) mass is 488 g/mol. The van der Waals surface area contributed by atoms with Crippen LogP contribution in [0.1, 0.15) is 51.3 Å². The minimum atomic E-state index is -0.482. The predicted molar refractivity (Wildman–Crippen MR) is 135 cm³/mol. The third-order valence-electron chi connectivity index (χ3n) is 5.77. The van der Waals surface area contributed by atoms with Gasteiger partial charge in [0, 0.05) is 24.2 Å². The number of benzene rings is 2. The Kier molecular flexibility index (Phi) is 7.41. The minimum absolute atomic E-state index is 0.0319. The van der Waals surface area contributed by atoms with Crippen LogP contribution >= 0.6 is 0 Å². The van der Waals surface area contributed by atoms with Crippen molar-refractivity contribution in [3.8, 4) is 34.7 Å². The Labute approximate surface area is 211 Å². The summed E-state index contributed by atoms with van der Waals surface area (Å²) in [6, 6.07) is 13.6. The summed E-state index contributed by atoms with van der Waals surface area (Å²) in [5, 5.41) is 13.7. The Bertz CT molecular complexity index is 1280. The summed E-state index contributed by atoms with van der Waals surface area (Å²) >= 11 is 0. The largest absolute Gasteiger partial charge is 0.490 e. The van der Waals surface area contributed by atoms with Crippen LogP contribution in [0.5, 0.6) is 5.75 Å². The molecule has 0 saturated heterocycles. The van der Waals surface area contributed by atoms with Crippen molar-refractivity contribution in [1.82, 2.24) is 15.0 Å². The summed E-state index contributed by atoms with van der Waals surface area (Å²) in [6.07, 6.45) is 1.65. The predicted octanol–water partition coefficient (Wildman–Crippen LogP) is 4.80. The van der Waals surface area contributed by atoms with Gasteiger partial charge in [0.1, 0.15) is 17.4 Å². The lowest BCUT2D eigenvalue weighted by molar-refractivity contribution is -0.156. The van der Waals surface area contributed by atoms with Gasteiger partial charge in [0.2, 0.25) is 5.82 Å².